The predicted molar refractivity (Wildman–Crippen MR) is 78.4 cm³/mol. The average Bonchev–Trinajstić information content (AvgIpc) is 3.07. The van der Waals surface area contributed by atoms with Gasteiger partial charge in [-0.25, -0.2) is 0 Å². The molecule has 1 aromatic heterocycles. The van der Waals surface area contributed by atoms with E-state index in [-0.39, 0.29) is 12.2 Å². The number of hydrogen-bond acceptors (Lipinski definition) is 5. The van der Waals surface area contributed by atoms with Gasteiger partial charge in [0.15, 0.2) is 0 Å². The molecule has 0 spiro atoms. The van der Waals surface area contributed by atoms with Crippen LogP contribution in [0.25, 0.3) is 0 Å². The van der Waals surface area contributed by atoms with E-state index < -0.39 is 30.0 Å². The minimum Gasteiger partial charge on any atom is -0.472 e. The SMILES string of the molecule is O=C(NCC(O)c1ccoc1)C(=O)Nc1ccc(OC(F)(F)F)cc1. The summed E-state index contributed by atoms with van der Waals surface area (Å²) in [5, 5.41) is 14.2. The van der Waals surface area contributed by atoms with Crippen LogP contribution in [0, 0.1) is 0 Å². The Hall–Kier alpha value is -3.01. The molecule has 25 heavy (non-hydrogen) atoms. The van der Waals surface area contributed by atoms with Crippen molar-refractivity contribution >= 4 is 17.5 Å². The van der Waals surface area contributed by atoms with Crippen molar-refractivity contribution in [3.8, 4) is 5.75 Å². The highest BCUT2D eigenvalue weighted by Crippen LogP contribution is 2.23. The maximum atomic E-state index is 12.0. The first-order valence-corrected chi connectivity index (χ1v) is 6.90. The summed E-state index contributed by atoms with van der Waals surface area (Å²) < 4.78 is 44.6. The average molecular weight is 358 g/mol. The number of hydrogen-bond donors (Lipinski definition) is 3. The van der Waals surface area contributed by atoms with Crippen molar-refractivity contribution in [2.75, 3.05) is 11.9 Å². The summed E-state index contributed by atoms with van der Waals surface area (Å²) in [6, 6.07) is 5.77. The summed E-state index contributed by atoms with van der Waals surface area (Å²) in [6.07, 6.45) is -3.23. The van der Waals surface area contributed by atoms with E-state index >= 15 is 0 Å². The topological polar surface area (TPSA) is 101 Å². The zero-order chi connectivity index (χ0) is 18.4. The quantitative estimate of drug-likeness (QED) is 0.710. The van der Waals surface area contributed by atoms with Crippen LogP contribution >= 0.6 is 0 Å². The lowest BCUT2D eigenvalue weighted by molar-refractivity contribution is -0.274. The number of aliphatic hydroxyl groups is 1. The Bertz CT molecular complexity index is 714. The van der Waals surface area contributed by atoms with Gasteiger partial charge in [-0.15, -0.1) is 13.2 Å². The lowest BCUT2D eigenvalue weighted by Gasteiger charge is -2.11. The number of amides is 2. The minimum atomic E-state index is -4.82. The maximum Gasteiger partial charge on any atom is 0.573 e. The Kier molecular flexibility index (Phi) is 5.65. The third-order valence-electron chi connectivity index (χ3n) is 2.94. The molecule has 3 N–H and O–H groups in total. The summed E-state index contributed by atoms with van der Waals surface area (Å²) in [7, 11) is 0. The van der Waals surface area contributed by atoms with E-state index in [1.807, 2.05) is 0 Å². The van der Waals surface area contributed by atoms with Crippen molar-refractivity contribution in [2.45, 2.75) is 12.5 Å². The van der Waals surface area contributed by atoms with Crippen LogP contribution in [0.3, 0.4) is 0 Å². The highest BCUT2D eigenvalue weighted by molar-refractivity contribution is 6.39. The van der Waals surface area contributed by atoms with Crippen LogP contribution < -0.4 is 15.4 Å². The van der Waals surface area contributed by atoms with Crippen LogP contribution in [0.2, 0.25) is 0 Å². The molecular weight excluding hydrogens is 345 g/mol. The van der Waals surface area contributed by atoms with Gasteiger partial charge in [0, 0.05) is 17.8 Å². The standard InChI is InChI=1S/C15H13F3N2O5/c16-15(17,18)25-11-3-1-10(2-4-11)20-14(23)13(22)19-7-12(21)9-5-6-24-8-9/h1-6,8,12,21H,7H2,(H,19,22)(H,20,23). The van der Waals surface area contributed by atoms with Crippen molar-refractivity contribution in [3.05, 3.63) is 48.4 Å². The van der Waals surface area contributed by atoms with Gasteiger partial charge in [-0.2, -0.15) is 0 Å². The molecule has 0 aliphatic carbocycles. The largest absolute Gasteiger partial charge is 0.573 e. The molecule has 134 valence electrons. The number of alkyl halides is 3. The second-order valence-corrected chi connectivity index (χ2v) is 4.81. The summed E-state index contributed by atoms with van der Waals surface area (Å²) in [5.74, 6) is -2.51. The molecular formula is C15H13F3N2O5. The number of anilines is 1. The molecule has 0 saturated heterocycles. The number of rotatable bonds is 5. The van der Waals surface area contributed by atoms with Gasteiger partial charge in [0.1, 0.15) is 5.75 Å². The van der Waals surface area contributed by atoms with Crippen molar-refractivity contribution < 1.29 is 37.0 Å². The smallest absolute Gasteiger partial charge is 0.472 e. The Morgan fingerprint density at radius 2 is 1.84 bits per heavy atom. The van der Waals surface area contributed by atoms with E-state index in [2.05, 4.69) is 15.4 Å². The lowest BCUT2D eigenvalue weighted by atomic mass is 10.2. The van der Waals surface area contributed by atoms with E-state index in [1.165, 1.54) is 18.6 Å². The van der Waals surface area contributed by atoms with E-state index in [0.29, 0.717) is 5.56 Å². The molecule has 1 unspecified atom stereocenters. The van der Waals surface area contributed by atoms with E-state index in [4.69, 9.17) is 4.42 Å². The molecule has 0 saturated carbocycles. The fraction of sp³-hybridized carbons (Fsp3) is 0.200. The molecule has 2 amide bonds. The molecule has 1 aromatic carbocycles. The highest BCUT2D eigenvalue weighted by Gasteiger charge is 2.31. The maximum absolute atomic E-state index is 12.0. The van der Waals surface area contributed by atoms with Gasteiger partial charge in [-0.3, -0.25) is 9.59 Å². The number of aliphatic hydroxyl groups excluding tert-OH is 1. The number of benzene rings is 1. The van der Waals surface area contributed by atoms with Gasteiger partial charge in [-0.1, -0.05) is 0 Å². The molecule has 0 fully saturated rings. The van der Waals surface area contributed by atoms with Crippen molar-refractivity contribution in [3.63, 3.8) is 0 Å². The molecule has 0 bridgehead atoms. The number of carbonyl (C=O) groups excluding carboxylic acids is 2. The number of carbonyl (C=O) groups is 2. The van der Waals surface area contributed by atoms with Gasteiger partial charge in [-0.05, 0) is 30.3 Å². The van der Waals surface area contributed by atoms with Crippen LogP contribution in [-0.4, -0.2) is 29.8 Å². The first kappa shape index (κ1) is 18.3. The molecule has 0 aliphatic heterocycles. The molecule has 2 aromatic rings. The van der Waals surface area contributed by atoms with Gasteiger partial charge >= 0.3 is 18.2 Å². The molecule has 1 atom stereocenters. The van der Waals surface area contributed by atoms with Crippen LogP contribution in [0.5, 0.6) is 5.75 Å². The molecule has 1 heterocycles. The van der Waals surface area contributed by atoms with Crippen molar-refractivity contribution in [2.24, 2.45) is 0 Å². The van der Waals surface area contributed by atoms with Crippen LogP contribution in [0.4, 0.5) is 18.9 Å². The minimum absolute atomic E-state index is 0.102. The molecule has 2 rings (SSSR count). The molecule has 0 aliphatic rings. The number of furan rings is 1. The second-order valence-electron chi connectivity index (χ2n) is 4.81. The number of nitrogens with one attached hydrogen (secondary N) is 2. The Morgan fingerprint density at radius 1 is 1.16 bits per heavy atom. The summed E-state index contributed by atoms with van der Waals surface area (Å²) in [5.41, 5.74) is 0.533. The first-order chi connectivity index (χ1) is 11.7. The Morgan fingerprint density at radius 3 is 2.40 bits per heavy atom. The monoisotopic (exact) mass is 358 g/mol. The molecule has 0 radical (unpaired) electrons. The molecule has 7 nitrogen and oxygen atoms in total. The van der Waals surface area contributed by atoms with Crippen LogP contribution in [0.15, 0.2) is 47.3 Å². The first-order valence-electron chi connectivity index (χ1n) is 6.90. The van der Waals surface area contributed by atoms with Crippen molar-refractivity contribution in [1.82, 2.24) is 5.32 Å². The zero-order valence-electron chi connectivity index (χ0n) is 12.5. The Labute approximate surface area is 139 Å². The van der Waals surface area contributed by atoms with E-state index in [9.17, 15) is 27.9 Å². The lowest BCUT2D eigenvalue weighted by Crippen LogP contribution is -2.37. The van der Waals surface area contributed by atoms with Gasteiger partial charge in [0.2, 0.25) is 0 Å². The second kappa shape index (κ2) is 7.71. The molecule has 10 heteroatoms. The fourth-order valence-corrected chi connectivity index (χ4v) is 1.78. The van der Waals surface area contributed by atoms with Crippen LogP contribution in [-0.2, 0) is 9.59 Å². The Balaban J connectivity index is 1.83. The van der Waals surface area contributed by atoms with E-state index in [0.717, 1.165) is 24.3 Å². The summed E-state index contributed by atoms with van der Waals surface area (Å²) >= 11 is 0. The van der Waals surface area contributed by atoms with Crippen molar-refractivity contribution in [1.29, 1.82) is 0 Å². The summed E-state index contributed by atoms with van der Waals surface area (Å²) in [6.45, 7) is -0.218. The number of ether oxygens (including phenoxy) is 1. The van der Waals surface area contributed by atoms with E-state index in [1.54, 1.807) is 0 Å². The normalized spacial score (nSPS) is 12.3. The predicted octanol–water partition coefficient (Wildman–Crippen LogP) is 1.97. The van der Waals surface area contributed by atoms with Gasteiger partial charge in [0.25, 0.3) is 0 Å². The van der Waals surface area contributed by atoms with Gasteiger partial charge in [0.05, 0.1) is 18.6 Å². The number of halogens is 3. The third-order valence-corrected chi connectivity index (χ3v) is 2.94. The fourth-order valence-electron chi connectivity index (χ4n) is 1.78. The zero-order valence-corrected chi connectivity index (χ0v) is 12.5. The summed E-state index contributed by atoms with van der Waals surface area (Å²) in [4.78, 5) is 23.3. The van der Waals surface area contributed by atoms with Crippen LogP contribution in [0.1, 0.15) is 11.7 Å². The van der Waals surface area contributed by atoms with Gasteiger partial charge < -0.3 is 24.9 Å². The highest BCUT2D eigenvalue weighted by atomic mass is 19.4. The third kappa shape index (κ3) is 5.84.